The molecule has 1 saturated heterocycles. The molecular formula is C17H17FN2O6S. The lowest BCUT2D eigenvalue weighted by molar-refractivity contribution is 0.0650. The van der Waals surface area contributed by atoms with Gasteiger partial charge in [0.05, 0.1) is 4.90 Å². The molecule has 1 N–H and O–H groups in total. The highest BCUT2D eigenvalue weighted by atomic mass is 32.2. The number of benzene rings is 1. The Morgan fingerprint density at radius 1 is 0.963 bits per heavy atom. The highest BCUT2D eigenvalue weighted by molar-refractivity contribution is 7.89. The van der Waals surface area contributed by atoms with Crippen molar-refractivity contribution >= 4 is 21.9 Å². The summed E-state index contributed by atoms with van der Waals surface area (Å²) in [7, 11) is -3.80. The molecule has 0 saturated carbocycles. The molecule has 0 aliphatic carbocycles. The monoisotopic (exact) mass is 396 g/mol. The maximum Gasteiger partial charge on any atom is 0.371 e. The summed E-state index contributed by atoms with van der Waals surface area (Å²) in [6.45, 7) is 0.708. The van der Waals surface area contributed by atoms with E-state index in [1.165, 1.54) is 33.5 Å². The van der Waals surface area contributed by atoms with Gasteiger partial charge in [-0.1, -0.05) is 0 Å². The van der Waals surface area contributed by atoms with Crippen LogP contribution in [-0.4, -0.2) is 60.8 Å². The minimum Gasteiger partial charge on any atom is -0.475 e. The van der Waals surface area contributed by atoms with Crippen LogP contribution in [0.15, 0.2) is 45.7 Å². The Balaban J connectivity index is 1.72. The van der Waals surface area contributed by atoms with E-state index in [9.17, 15) is 22.4 Å². The number of furan rings is 1. The zero-order valence-corrected chi connectivity index (χ0v) is 15.0. The topological polar surface area (TPSA) is 108 Å². The summed E-state index contributed by atoms with van der Waals surface area (Å²) in [5.74, 6) is -2.75. The first-order valence-corrected chi connectivity index (χ1v) is 9.61. The quantitative estimate of drug-likeness (QED) is 0.842. The molecule has 1 aliphatic rings. The first kappa shape index (κ1) is 19.1. The maximum absolute atomic E-state index is 13.0. The summed E-state index contributed by atoms with van der Waals surface area (Å²) in [4.78, 5) is 24.8. The van der Waals surface area contributed by atoms with E-state index in [0.717, 1.165) is 12.1 Å². The molecule has 3 rings (SSSR count). The maximum atomic E-state index is 13.0. The average Bonchev–Trinajstić information content (AvgIpc) is 2.99. The second-order valence-corrected chi connectivity index (χ2v) is 7.91. The van der Waals surface area contributed by atoms with E-state index >= 15 is 0 Å². The van der Waals surface area contributed by atoms with E-state index in [1.807, 2.05) is 0 Å². The van der Waals surface area contributed by atoms with E-state index in [2.05, 4.69) is 0 Å². The van der Waals surface area contributed by atoms with Crippen LogP contribution in [-0.2, 0) is 10.0 Å². The second-order valence-electron chi connectivity index (χ2n) is 5.97. The molecule has 1 aliphatic heterocycles. The van der Waals surface area contributed by atoms with E-state index in [4.69, 9.17) is 9.52 Å². The predicted octanol–water partition coefficient (Wildman–Crippen LogP) is 1.65. The molecule has 0 radical (unpaired) electrons. The van der Waals surface area contributed by atoms with Gasteiger partial charge in [0.2, 0.25) is 15.8 Å². The third-order valence-electron chi connectivity index (χ3n) is 4.22. The zero-order chi connectivity index (χ0) is 19.6. The standard InChI is InChI=1S/C17H17FN2O6S/c18-12-2-4-13(5-3-12)27(24,25)20-9-1-8-19(10-11-20)16(21)14-6-7-15(26-14)17(22)23/h2-7H,1,8-11H2,(H,22,23). The van der Waals surface area contributed by atoms with Crippen LogP contribution in [0.5, 0.6) is 0 Å². The molecule has 0 unspecified atom stereocenters. The van der Waals surface area contributed by atoms with Gasteiger partial charge in [0, 0.05) is 26.2 Å². The van der Waals surface area contributed by atoms with E-state index < -0.39 is 27.7 Å². The first-order valence-electron chi connectivity index (χ1n) is 8.17. The molecular weight excluding hydrogens is 379 g/mol. The van der Waals surface area contributed by atoms with Crippen molar-refractivity contribution in [1.82, 2.24) is 9.21 Å². The van der Waals surface area contributed by atoms with E-state index in [0.29, 0.717) is 13.0 Å². The van der Waals surface area contributed by atoms with Gasteiger partial charge in [0.1, 0.15) is 5.82 Å². The average molecular weight is 396 g/mol. The molecule has 0 spiro atoms. The fourth-order valence-corrected chi connectivity index (χ4v) is 4.29. The lowest BCUT2D eigenvalue weighted by Gasteiger charge is -2.21. The van der Waals surface area contributed by atoms with Crippen molar-refractivity contribution in [2.24, 2.45) is 0 Å². The number of carbonyl (C=O) groups excluding carboxylic acids is 1. The molecule has 1 aromatic carbocycles. The number of carbonyl (C=O) groups is 2. The van der Waals surface area contributed by atoms with Crippen LogP contribution in [0.2, 0.25) is 0 Å². The SMILES string of the molecule is O=C(O)c1ccc(C(=O)N2CCCN(S(=O)(=O)c3ccc(F)cc3)CC2)o1. The van der Waals surface area contributed by atoms with Gasteiger partial charge >= 0.3 is 5.97 Å². The molecule has 0 bridgehead atoms. The molecule has 2 aromatic rings. The molecule has 0 atom stereocenters. The highest BCUT2D eigenvalue weighted by Crippen LogP contribution is 2.19. The summed E-state index contributed by atoms with van der Waals surface area (Å²) in [6, 6.07) is 7.04. The first-order chi connectivity index (χ1) is 12.8. The molecule has 8 nitrogen and oxygen atoms in total. The number of sulfonamides is 1. The molecule has 1 aromatic heterocycles. The Morgan fingerprint density at radius 3 is 2.26 bits per heavy atom. The zero-order valence-electron chi connectivity index (χ0n) is 14.2. The Morgan fingerprint density at radius 2 is 1.63 bits per heavy atom. The number of hydrogen-bond acceptors (Lipinski definition) is 5. The number of carboxylic acids is 1. The number of nitrogens with zero attached hydrogens (tertiary/aromatic N) is 2. The fourth-order valence-electron chi connectivity index (χ4n) is 2.82. The van der Waals surface area contributed by atoms with Crippen molar-refractivity contribution < 1.29 is 31.9 Å². The summed E-state index contributed by atoms with van der Waals surface area (Å²) in [5, 5.41) is 8.87. The third-order valence-corrected chi connectivity index (χ3v) is 6.13. The van der Waals surface area contributed by atoms with E-state index in [1.54, 1.807) is 0 Å². The molecule has 27 heavy (non-hydrogen) atoms. The van der Waals surface area contributed by atoms with Gasteiger partial charge in [-0.25, -0.2) is 17.6 Å². The van der Waals surface area contributed by atoms with Crippen LogP contribution >= 0.6 is 0 Å². The Hall–Kier alpha value is -2.72. The number of hydrogen-bond donors (Lipinski definition) is 1. The van der Waals surface area contributed by atoms with Gasteiger partial charge < -0.3 is 14.4 Å². The van der Waals surface area contributed by atoms with Crippen LogP contribution in [0.3, 0.4) is 0 Å². The third kappa shape index (κ3) is 4.01. The van der Waals surface area contributed by atoms with Crippen LogP contribution < -0.4 is 0 Å². The Kier molecular flexibility index (Phi) is 5.29. The normalized spacial score (nSPS) is 16.1. The van der Waals surface area contributed by atoms with Crippen LogP contribution in [0.1, 0.15) is 27.5 Å². The molecule has 10 heteroatoms. The summed E-state index contributed by atoms with van der Waals surface area (Å²) < 4.78 is 44.7. The van der Waals surface area contributed by atoms with Gasteiger partial charge in [-0.15, -0.1) is 0 Å². The van der Waals surface area contributed by atoms with Gasteiger partial charge in [-0.05, 0) is 42.8 Å². The van der Waals surface area contributed by atoms with Crippen LogP contribution in [0, 0.1) is 5.82 Å². The molecule has 2 heterocycles. The van der Waals surface area contributed by atoms with Crippen molar-refractivity contribution in [3.05, 3.63) is 53.7 Å². The minimum absolute atomic E-state index is 0.0131. The summed E-state index contributed by atoms with van der Waals surface area (Å²) in [5.41, 5.74) is 0. The molecule has 1 fully saturated rings. The lowest BCUT2D eigenvalue weighted by Crippen LogP contribution is -2.37. The predicted molar refractivity (Wildman–Crippen MR) is 91.3 cm³/mol. The van der Waals surface area contributed by atoms with Crippen LogP contribution in [0.25, 0.3) is 0 Å². The number of halogens is 1. The van der Waals surface area contributed by atoms with Crippen molar-refractivity contribution in [2.45, 2.75) is 11.3 Å². The largest absolute Gasteiger partial charge is 0.475 e. The summed E-state index contributed by atoms with van der Waals surface area (Å²) >= 11 is 0. The second kappa shape index (κ2) is 7.49. The Bertz CT molecular complexity index is 954. The fraction of sp³-hybridized carbons (Fsp3) is 0.294. The van der Waals surface area contributed by atoms with Gasteiger partial charge in [-0.2, -0.15) is 4.31 Å². The lowest BCUT2D eigenvalue weighted by atomic mass is 10.3. The Labute approximate surface area is 154 Å². The molecule has 144 valence electrons. The van der Waals surface area contributed by atoms with Crippen molar-refractivity contribution in [2.75, 3.05) is 26.2 Å². The number of carboxylic acid groups (broad SMARTS) is 1. The van der Waals surface area contributed by atoms with Gasteiger partial charge in [0.15, 0.2) is 5.76 Å². The summed E-state index contributed by atoms with van der Waals surface area (Å²) in [6.07, 6.45) is 0.401. The number of rotatable bonds is 4. The minimum atomic E-state index is -3.80. The van der Waals surface area contributed by atoms with Gasteiger partial charge in [-0.3, -0.25) is 4.79 Å². The van der Waals surface area contributed by atoms with Crippen molar-refractivity contribution in [3.63, 3.8) is 0 Å². The number of amides is 1. The molecule has 1 amide bonds. The van der Waals surface area contributed by atoms with Crippen LogP contribution in [0.4, 0.5) is 4.39 Å². The number of aromatic carboxylic acids is 1. The van der Waals surface area contributed by atoms with E-state index in [-0.39, 0.29) is 36.1 Å². The smallest absolute Gasteiger partial charge is 0.371 e. The highest BCUT2D eigenvalue weighted by Gasteiger charge is 2.29. The van der Waals surface area contributed by atoms with Gasteiger partial charge in [0.25, 0.3) is 5.91 Å². The van der Waals surface area contributed by atoms with Crippen molar-refractivity contribution in [3.8, 4) is 0 Å². The van der Waals surface area contributed by atoms with Crippen molar-refractivity contribution in [1.29, 1.82) is 0 Å².